The summed E-state index contributed by atoms with van der Waals surface area (Å²) in [7, 11) is 0. The molecular formula is C21H21F2N3O3. The molecule has 8 heteroatoms. The van der Waals surface area contributed by atoms with Crippen LogP contribution in [0.2, 0.25) is 0 Å². The van der Waals surface area contributed by atoms with E-state index in [4.69, 9.17) is 5.73 Å². The van der Waals surface area contributed by atoms with E-state index >= 15 is 8.78 Å². The molecule has 152 valence electrons. The number of carbonyl (C=O) groups is 1. The van der Waals surface area contributed by atoms with Gasteiger partial charge in [-0.15, -0.1) is 0 Å². The third-order valence-electron chi connectivity index (χ3n) is 6.45. The molecule has 1 aliphatic heterocycles. The molecule has 0 bridgehead atoms. The van der Waals surface area contributed by atoms with E-state index in [1.54, 1.807) is 4.90 Å². The van der Waals surface area contributed by atoms with Crippen LogP contribution in [-0.2, 0) is 0 Å². The Labute approximate surface area is 165 Å². The van der Waals surface area contributed by atoms with Crippen molar-refractivity contribution < 1.29 is 18.7 Å². The highest BCUT2D eigenvalue weighted by molar-refractivity contribution is 5.94. The van der Waals surface area contributed by atoms with Crippen LogP contribution in [0.5, 0.6) is 0 Å². The molecule has 1 aromatic heterocycles. The van der Waals surface area contributed by atoms with Gasteiger partial charge >= 0.3 is 5.97 Å². The Morgan fingerprint density at radius 3 is 2.66 bits per heavy atom. The summed E-state index contributed by atoms with van der Waals surface area (Å²) in [6.07, 6.45) is 7.49. The van der Waals surface area contributed by atoms with Crippen molar-refractivity contribution >= 4 is 22.6 Å². The van der Waals surface area contributed by atoms with Crippen molar-refractivity contribution in [3.8, 4) is 0 Å². The average Bonchev–Trinajstić information content (AvgIpc) is 3.42. The van der Waals surface area contributed by atoms with E-state index < -0.39 is 28.6 Å². The summed E-state index contributed by atoms with van der Waals surface area (Å²) in [6, 6.07) is 0.762. The fourth-order valence-corrected chi connectivity index (χ4v) is 4.83. The standard InChI is InChI=1S/C21H21F2N3O3/c22-15-6-12-18(26(11-4-5-11)9-14(20(12)27)21(28)29)17(23)19(15)25-7-10-2-1-3-16(24)13(10)8-25/h1,3,6,9-11,13,16H,2,4-5,7-8,24H2,(H,28,29)/t10-,13?,16-/m1/s1. The molecule has 2 aliphatic carbocycles. The summed E-state index contributed by atoms with van der Waals surface area (Å²) >= 11 is 0. The van der Waals surface area contributed by atoms with Crippen molar-refractivity contribution in [1.29, 1.82) is 0 Å². The highest BCUT2D eigenvalue weighted by Gasteiger charge is 2.39. The molecular weight excluding hydrogens is 380 g/mol. The monoisotopic (exact) mass is 401 g/mol. The number of hydrogen-bond donors (Lipinski definition) is 2. The summed E-state index contributed by atoms with van der Waals surface area (Å²) in [5, 5.41) is 9.10. The molecule has 1 unspecified atom stereocenters. The summed E-state index contributed by atoms with van der Waals surface area (Å²) in [4.78, 5) is 25.7. The molecule has 6 nitrogen and oxygen atoms in total. The SMILES string of the molecule is N[C@@H]1C=CC[C@@H]2CN(c3c(F)cc4c(=O)c(C(=O)O)cn(C5CC5)c4c3F)CC21. The molecule has 0 amide bonds. The number of aromatic carboxylic acids is 1. The summed E-state index contributed by atoms with van der Waals surface area (Å²) in [6.45, 7) is 0.930. The number of halogens is 2. The van der Waals surface area contributed by atoms with Crippen LogP contribution in [0.4, 0.5) is 14.5 Å². The molecule has 3 N–H and O–H groups in total. The largest absolute Gasteiger partial charge is 0.477 e. The molecule has 0 radical (unpaired) electrons. The van der Waals surface area contributed by atoms with E-state index in [2.05, 4.69) is 0 Å². The molecule has 2 aromatic rings. The van der Waals surface area contributed by atoms with Crippen molar-refractivity contribution in [2.45, 2.75) is 31.3 Å². The zero-order chi connectivity index (χ0) is 20.4. The van der Waals surface area contributed by atoms with Gasteiger partial charge in [-0.3, -0.25) is 4.79 Å². The zero-order valence-electron chi connectivity index (χ0n) is 15.6. The van der Waals surface area contributed by atoms with Gasteiger partial charge in [0.05, 0.1) is 10.9 Å². The van der Waals surface area contributed by atoms with Crippen LogP contribution in [0.25, 0.3) is 10.9 Å². The first kappa shape index (κ1) is 18.3. The van der Waals surface area contributed by atoms with Gasteiger partial charge in [0.1, 0.15) is 17.1 Å². The topological polar surface area (TPSA) is 88.6 Å². The lowest BCUT2D eigenvalue weighted by molar-refractivity contribution is 0.0695. The van der Waals surface area contributed by atoms with E-state index in [9.17, 15) is 14.7 Å². The summed E-state index contributed by atoms with van der Waals surface area (Å²) in [5.41, 5.74) is 4.65. The first-order chi connectivity index (χ1) is 13.9. The number of rotatable bonds is 3. The van der Waals surface area contributed by atoms with Crippen molar-refractivity contribution in [1.82, 2.24) is 4.57 Å². The smallest absolute Gasteiger partial charge is 0.341 e. The lowest BCUT2D eigenvalue weighted by atomic mass is 9.83. The van der Waals surface area contributed by atoms with Gasteiger partial charge in [0.2, 0.25) is 5.43 Å². The minimum Gasteiger partial charge on any atom is -0.477 e. The Balaban J connectivity index is 1.69. The minimum absolute atomic E-state index is 0.0174. The fourth-order valence-electron chi connectivity index (χ4n) is 4.83. The van der Waals surface area contributed by atoms with Crippen LogP contribution in [0, 0.1) is 23.5 Å². The van der Waals surface area contributed by atoms with Gasteiger partial charge in [-0.2, -0.15) is 0 Å². The van der Waals surface area contributed by atoms with Gasteiger partial charge in [0, 0.05) is 31.4 Å². The molecule has 5 rings (SSSR count). The van der Waals surface area contributed by atoms with E-state index in [1.807, 2.05) is 12.2 Å². The Hall–Kier alpha value is -2.74. The Morgan fingerprint density at radius 2 is 2.00 bits per heavy atom. The highest BCUT2D eigenvalue weighted by Crippen LogP contribution is 2.42. The number of carboxylic acid groups (broad SMARTS) is 1. The van der Waals surface area contributed by atoms with Gasteiger partial charge < -0.3 is 20.3 Å². The number of anilines is 1. The highest BCUT2D eigenvalue weighted by atomic mass is 19.1. The fraction of sp³-hybridized carbons (Fsp3) is 0.429. The Kier molecular flexibility index (Phi) is 4.03. The van der Waals surface area contributed by atoms with Gasteiger partial charge in [-0.1, -0.05) is 12.2 Å². The molecule has 2 fully saturated rings. The predicted molar refractivity (Wildman–Crippen MR) is 104 cm³/mol. The number of fused-ring (bicyclic) bond motifs is 2. The number of nitrogens with two attached hydrogens (primary N) is 1. The molecule has 0 spiro atoms. The number of benzene rings is 1. The molecule has 1 aromatic carbocycles. The van der Waals surface area contributed by atoms with E-state index in [-0.39, 0.29) is 40.5 Å². The van der Waals surface area contributed by atoms with Gasteiger partial charge in [-0.25, -0.2) is 13.6 Å². The average molecular weight is 401 g/mol. The van der Waals surface area contributed by atoms with Crippen LogP contribution < -0.4 is 16.1 Å². The third kappa shape index (κ3) is 2.77. The Morgan fingerprint density at radius 1 is 1.24 bits per heavy atom. The quantitative estimate of drug-likeness (QED) is 0.772. The molecule has 1 saturated carbocycles. The third-order valence-corrected chi connectivity index (χ3v) is 6.45. The molecule has 2 heterocycles. The Bertz CT molecular complexity index is 1120. The lowest BCUT2D eigenvalue weighted by Crippen LogP contribution is -2.35. The maximum absolute atomic E-state index is 15.7. The lowest BCUT2D eigenvalue weighted by Gasteiger charge is -2.25. The number of hydrogen-bond acceptors (Lipinski definition) is 4. The normalized spacial score (nSPS) is 26.2. The van der Waals surface area contributed by atoms with E-state index in [1.165, 1.54) is 10.8 Å². The van der Waals surface area contributed by atoms with Crippen molar-refractivity contribution in [2.24, 2.45) is 17.6 Å². The van der Waals surface area contributed by atoms with Crippen LogP contribution in [-0.4, -0.2) is 34.8 Å². The maximum Gasteiger partial charge on any atom is 0.341 e. The van der Waals surface area contributed by atoms with Crippen LogP contribution >= 0.6 is 0 Å². The van der Waals surface area contributed by atoms with E-state index in [0.717, 1.165) is 25.3 Å². The molecule has 3 atom stereocenters. The molecule has 3 aliphatic rings. The van der Waals surface area contributed by atoms with Crippen molar-refractivity contribution in [2.75, 3.05) is 18.0 Å². The minimum atomic E-state index is -1.40. The van der Waals surface area contributed by atoms with E-state index in [0.29, 0.717) is 13.1 Å². The predicted octanol–water partition coefficient (Wildman–Crippen LogP) is 2.65. The second kappa shape index (κ2) is 6.38. The van der Waals surface area contributed by atoms with Crippen molar-refractivity contribution in [3.63, 3.8) is 0 Å². The van der Waals surface area contributed by atoms with Crippen LogP contribution in [0.15, 0.2) is 29.2 Å². The molecule has 1 saturated heterocycles. The number of pyridine rings is 1. The zero-order valence-corrected chi connectivity index (χ0v) is 15.6. The first-order valence-corrected chi connectivity index (χ1v) is 9.84. The van der Waals surface area contributed by atoms with Crippen LogP contribution in [0.1, 0.15) is 35.7 Å². The molecule has 29 heavy (non-hydrogen) atoms. The number of carboxylic acids is 1. The van der Waals surface area contributed by atoms with Gasteiger partial charge in [0.15, 0.2) is 5.82 Å². The number of nitrogens with zero attached hydrogens (tertiary/aromatic N) is 2. The first-order valence-electron chi connectivity index (χ1n) is 9.84. The number of aromatic nitrogens is 1. The second-order valence-electron chi connectivity index (χ2n) is 8.30. The number of allylic oxidation sites excluding steroid dienone is 1. The van der Waals surface area contributed by atoms with Crippen molar-refractivity contribution in [3.05, 3.63) is 51.8 Å². The maximum atomic E-state index is 15.7. The summed E-state index contributed by atoms with van der Waals surface area (Å²) in [5.74, 6) is -2.71. The van der Waals surface area contributed by atoms with Crippen LogP contribution in [0.3, 0.4) is 0 Å². The van der Waals surface area contributed by atoms with Gasteiger partial charge in [-0.05, 0) is 37.2 Å². The second-order valence-corrected chi connectivity index (χ2v) is 8.30. The van der Waals surface area contributed by atoms with Gasteiger partial charge in [0.25, 0.3) is 0 Å². The summed E-state index contributed by atoms with van der Waals surface area (Å²) < 4.78 is 32.2.